The van der Waals surface area contributed by atoms with Crippen LogP contribution in [-0.4, -0.2) is 49.5 Å². The van der Waals surface area contributed by atoms with Gasteiger partial charge in [-0.3, -0.25) is 4.79 Å². The zero-order valence-electron chi connectivity index (χ0n) is 13.9. The molecule has 1 aliphatic heterocycles. The molecule has 1 amide bonds. The Bertz CT molecular complexity index is 725. The highest BCUT2D eigenvalue weighted by Crippen LogP contribution is 2.27. The van der Waals surface area contributed by atoms with Gasteiger partial charge >= 0.3 is 5.97 Å². The summed E-state index contributed by atoms with van der Waals surface area (Å²) in [4.78, 5) is 23.9. The highest BCUT2D eigenvalue weighted by atomic mass is 32.2. The second-order valence-corrected chi connectivity index (χ2v) is 9.01. The van der Waals surface area contributed by atoms with Crippen LogP contribution < -0.4 is 10.0 Å². The van der Waals surface area contributed by atoms with E-state index in [2.05, 4.69) is 10.0 Å². The predicted octanol–water partition coefficient (Wildman–Crippen LogP) is 0.994. The average molecular weight is 386 g/mol. The van der Waals surface area contributed by atoms with Crippen LogP contribution in [-0.2, 0) is 26.0 Å². The number of hydrogen-bond acceptors (Lipinski definition) is 5. The molecule has 0 radical (unpaired) electrons. The van der Waals surface area contributed by atoms with E-state index in [1.54, 1.807) is 23.9 Å². The van der Waals surface area contributed by atoms with E-state index in [9.17, 15) is 23.1 Å². The van der Waals surface area contributed by atoms with Crippen LogP contribution in [0.25, 0.3) is 0 Å². The lowest BCUT2D eigenvalue weighted by Crippen LogP contribution is -2.56. The summed E-state index contributed by atoms with van der Waals surface area (Å²) in [7, 11) is -2.14. The summed E-state index contributed by atoms with van der Waals surface area (Å²) in [5.41, 5.74) is -0.346. The first kappa shape index (κ1) is 19.7. The first-order valence-corrected chi connectivity index (χ1v) is 10.6. The molecule has 0 aromatic heterocycles. The second-order valence-electron chi connectivity index (χ2n) is 5.90. The van der Waals surface area contributed by atoms with E-state index >= 15 is 0 Å². The maximum atomic E-state index is 12.2. The van der Waals surface area contributed by atoms with Gasteiger partial charge in [0.1, 0.15) is 5.54 Å². The van der Waals surface area contributed by atoms with E-state index in [1.807, 2.05) is 0 Å². The van der Waals surface area contributed by atoms with Gasteiger partial charge in [-0.15, -0.1) is 0 Å². The molecule has 9 heteroatoms. The summed E-state index contributed by atoms with van der Waals surface area (Å²) in [5, 5.41) is 12.2. The highest BCUT2D eigenvalue weighted by molar-refractivity contribution is 7.99. The van der Waals surface area contributed by atoms with Crippen LogP contribution in [0.2, 0.25) is 0 Å². The van der Waals surface area contributed by atoms with Gasteiger partial charge in [-0.05, 0) is 55.5 Å². The van der Waals surface area contributed by atoms with Gasteiger partial charge in [0.05, 0.1) is 4.90 Å². The van der Waals surface area contributed by atoms with Gasteiger partial charge in [0.15, 0.2) is 0 Å². The van der Waals surface area contributed by atoms with Gasteiger partial charge in [-0.1, -0.05) is 12.1 Å². The van der Waals surface area contributed by atoms with Gasteiger partial charge in [0, 0.05) is 6.42 Å². The molecule has 1 aliphatic rings. The maximum absolute atomic E-state index is 12.2. The monoisotopic (exact) mass is 386 g/mol. The number of sulfonamides is 1. The molecule has 25 heavy (non-hydrogen) atoms. The van der Waals surface area contributed by atoms with Crippen molar-refractivity contribution in [3.05, 3.63) is 29.8 Å². The minimum atomic E-state index is -3.48. The molecule has 0 saturated carbocycles. The van der Waals surface area contributed by atoms with E-state index in [-0.39, 0.29) is 17.2 Å². The van der Waals surface area contributed by atoms with Crippen LogP contribution in [0.1, 0.15) is 24.8 Å². The van der Waals surface area contributed by atoms with Crippen molar-refractivity contribution in [2.75, 3.05) is 18.6 Å². The highest BCUT2D eigenvalue weighted by Gasteiger charge is 2.41. The van der Waals surface area contributed by atoms with E-state index in [1.165, 1.54) is 19.2 Å². The number of amides is 1. The van der Waals surface area contributed by atoms with Crippen LogP contribution >= 0.6 is 11.8 Å². The van der Waals surface area contributed by atoms with E-state index in [4.69, 9.17) is 0 Å². The second kappa shape index (κ2) is 8.20. The normalized spacial score (nSPS) is 17.0. The number of rotatable bonds is 7. The molecule has 0 spiro atoms. The molecule has 7 nitrogen and oxygen atoms in total. The van der Waals surface area contributed by atoms with Gasteiger partial charge in [0.2, 0.25) is 15.9 Å². The fourth-order valence-corrected chi connectivity index (χ4v) is 4.57. The summed E-state index contributed by atoms with van der Waals surface area (Å²) in [5.74, 6) is 0.145. The number of carbonyl (C=O) groups excluding carboxylic acids is 1. The van der Waals surface area contributed by atoms with E-state index < -0.39 is 21.5 Å². The molecule has 3 N–H and O–H groups in total. The van der Waals surface area contributed by atoms with Crippen LogP contribution in [0.5, 0.6) is 0 Å². The van der Waals surface area contributed by atoms with Crippen molar-refractivity contribution in [3.8, 4) is 0 Å². The Morgan fingerprint density at radius 1 is 1.20 bits per heavy atom. The first-order valence-electron chi connectivity index (χ1n) is 7.94. The molecule has 2 rings (SSSR count). The molecule has 0 aliphatic carbocycles. The lowest BCUT2D eigenvalue weighted by atomic mass is 9.92. The minimum absolute atomic E-state index is 0.153. The molecule has 1 fully saturated rings. The summed E-state index contributed by atoms with van der Waals surface area (Å²) >= 11 is 1.69. The third kappa shape index (κ3) is 4.96. The predicted molar refractivity (Wildman–Crippen MR) is 96.1 cm³/mol. The van der Waals surface area contributed by atoms with E-state index in [0.717, 1.165) is 5.56 Å². The maximum Gasteiger partial charge on any atom is 0.329 e. The molecule has 1 aromatic carbocycles. The standard InChI is InChI=1S/C16H22N2O5S2/c1-17-25(22,23)13-5-2-12(3-6-13)4-7-14(19)18-16(15(20)21)8-10-24-11-9-16/h2-3,5-6,17H,4,7-11H2,1H3,(H,18,19)(H,20,21). The Labute approximate surface area is 151 Å². The number of benzene rings is 1. The Balaban J connectivity index is 1.94. The Morgan fingerprint density at radius 2 is 1.80 bits per heavy atom. The zero-order valence-corrected chi connectivity index (χ0v) is 15.6. The number of carboxylic acids is 1. The Morgan fingerprint density at radius 3 is 2.32 bits per heavy atom. The molecule has 0 unspecified atom stereocenters. The zero-order chi connectivity index (χ0) is 18.5. The fraction of sp³-hybridized carbons (Fsp3) is 0.500. The lowest BCUT2D eigenvalue weighted by Gasteiger charge is -2.33. The molecular weight excluding hydrogens is 364 g/mol. The third-order valence-electron chi connectivity index (χ3n) is 4.28. The van der Waals surface area contributed by atoms with Crippen LogP contribution in [0.15, 0.2) is 29.2 Å². The smallest absolute Gasteiger partial charge is 0.329 e. The molecule has 1 aromatic rings. The van der Waals surface area contributed by atoms with Crippen molar-refractivity contribution in [1.82, 2.24) is 10.0 Å². The number of aryl methyl sites for hydroxylation is 1. The van der Waals surface area contributed by atoms with Gasteiger partial charge in [-0.25, -0.2) is 17.9 Å². The number of aliphatic carboxylic acids is 1. The lowest BCUT2D eigenvalue weighted by molar-refractivity contribution is -0.148. The fourth-order valence-electron chi connectivity index (χ4n) is 2.65. The molecular formula is C16H22N2O5S2. The molecule has 0 bridgehead atoms. The van der Waals surface area contributed by atoms with E-state index in [0.29, 0.717) is 30.8 Å². The minimum Gasteiger partial charge on any atom is -0.480 e. The molecule has 138 valence electrons. The summed E-state index contributed by atoms with van der Waals surface area (Å²) in [6.07, 6.45) is 1.42. The van der Waals surface area contributed by atoms with Crippen molar-refractivity contribution in [1.29, 1.82) is 0 Å². The average Bonchev–Trinajstić information content (AvgIpc) is 2.61. The van der Waals surface area contributed by atoms with Crippen molar-refractivity contribution in [2.45, 2.75) is 36.1 Å². The number of hydrogen-bond donors (Lipinski definition) is 3. The van der Waals surface area contributed by atoms with Crippen molar-refractivity contribution >= 4 is 33.7 Å². The number of nitrogens with one attached hydrogen (secondary N) is 2. The van der Waals surface area contributed by atoms with Crippen LogP contribution in [0, 0.1) is 0 Å². The summed E-state index contributed by atoms with van der Waals surface area (Å²) < 4.78 is 25.6. The number of thioether (sulfide) groups is 1. The van der Waals surface area contributed by atoms with Crippen molar-refractivity contribution in [3.63, 3.8) is 0 Å². The summed E-state index contributed by atoms with van der Waals surface area (Å²) in [6.45, 7) is 0. The number of carbonyl (C=O) groups is 2. The molecule has 1 saturated heterocycles. The van der Waals surface area contributed by atoms with Gasteiger partial charge < -0.3 is 10.4 Å². The Hall–Kier alpha value is -1.58. The molecule has 0 atom stereocenters. The Kier molecular flexibility index (Phi) is 6.47. The topological polar surface area (TPSA) is 113 Å². The summed E-state index contributed by atoms with van der Waals surface area (Å²) in [6, 6.07) is 6.27. The van der Waals surface area contributed by atoms with Crippen LogP contribution in [0.3, 0.4) is 0 Å². The van der Waals surface area contributed by atoms with Gasteiger partial charge in [0.25, 0.3) is 0 Å². The largest absolute Gasteiger partial charge is 0.480 e. The number of carboxylic acid groups (broad SMARTS) is 1. The molecule has 1 heterocycles. The quantitative estimate of drug-likeness (QED) is 0.644. The van der Waals surface area contributed by atoms with Crippen LogP contribution in [0.4, 0.5) is 0 Å². The van der Waals surface area contributed by atoms with Crippen molar-refractivity contribution < 1.29 is 23.1 Å². The third-order valence-corrected chi connectivity index (χ3v) is 6.69. The van der Waals surface area contributed by atoms with Crippen molar-refractivity contribution in [2.24, 2.45) is 0 Å². The SMILES string of the molecule is CNS(=O)(=O)c1ccc(CCC(=O)NC2(C(=O)O)CCSCC2)cc1. The first-order chi connectivity index (χ1) is 11.8. The van der Waals surface area contributed by atoms with Gasteiger partial charge in [-0.2, -0.15) is 11.8 Å².